The second-order valence-corrected chi connectivity index (χ2v) is 7.87. The first-order chi connectivity index (χ1) is 11.7. The van der Waals surface area contributed by atoms with Gasteiger partial charge in [-0.25, -0.2) is 12.8 Å². The van der Waals surface area contributed by atoms with E-state index in [4.69, 9.17) is 0 Å². The molecule has 7 heteroatoms. The van der Waals surface area contributed by atoms with E-state index >= 15 is 0 Å². The Morgan fingerprint density at radius 1 is 1.12 bits per heavy atom. The lowest BCUT2D eigenvalue weighted by molar-refractivity contribution is -0.119. The van der Waals surface area contributed by atoms with E-state index in [0.717, 1.165) is 27.3 Å². The van der Waals surface area contributed by atoms with E-state index in [1.165, 1.54) is 12.1 Å². The van der Waals surface area contributed by atoms with E-state index in [-0.39, 0.29) is 18.9 Å². The summed E-state index contributed by atoms with van der Waals surface area (Å²) < 4.78 is 38.2. The first-order valence-corrected chi connectivity index (χ1v) is 9.58. The highest BCUT2D eigenvalue weighted by atomic mass is 32.2. The molecule has 0 aliphatic rings. The fourth-order valence-corrected chi connectivity index (χ4v) is 3.37. The molecule has 0 radical (unpaired) electrons. The van der Waals surface area contributed by atoms with E-state index in [1.54, 1.807) is 31.2 Å². The highest BCUT2D eigenvalue weighted by molar-refractivity contribution is 7.92. The number of sulfonamides is 1. The summed E-state index contributed by atoms with van der Waals surface area (Å²) in [5.41, 5.74) is 2.99. The molecule has 0 atom stereocenters. The molecule has 1 amide bonds. The van der Waals surface area contributed by atoms with Crippen LogP contribution in [-0.4, -0.2) is 27.1 Å². The lowest BCUT2D eigenvalue weighted by Crippen LogP contribution is -2.40. The van der Waals surface area contributed by atoms with Gasteiger partial charge in [-0.3, -0.25) is 9.10 Å². The third kappa shape index (κ3) is 5.29. The summed E-state index contributed by atoms with van der Waals surface area (Å²) >= 11 is 0. The van der Waals surface area contributed by atoms with Crippen molar-refractivity contribution in [1.82, 2.24) is 5.32 Å². The van der Waals surface area contributed by atoms with Crippen molar-refractivity contribution in [1.29, 1.82) is 0 Å². The molecule has 2 aromatic rings. The third-order valence-corrected chi connectivity index (χ3v) is 4.84. The predicted molar refractivity (Wildman–Crippen MR) is 96.4 cm³/mol. The quantitative estimate of drug-likeness (QED) is 0.857. The Kier molecular flexibility index (Phi) is 5.79. The van der Waals surface area contributed by atoms with Crippen LogP contribution in [0.1, 0.15) is 16.7 Å². The van der Waals surface area contributed by atoms with E-state index in [9.17, 15) is 17.6 Å². The fraction of sp³-hybridized carbons (Fsp3) is 0.278. The van der Waals surface area contributed by atoms with Crippen molar-refractivity contribution < 1.29 is 17.6 Å². The van der Waals surface area contributed by atoms with Crippen LogP contribution in [-0.2, 0) is 21.4 Å². The summed E-state index contributed by atoms with van der Waals surface area (Å²) in [6.07, 6.45) is 1.07. The van der Waals surface area contributed by atoms with Gasteiger partial charge in [-0.1, -0.05) is 29.8 Å². The van der Waals surface area contributed by atoms with Crippen LogP contribution in [0.25, 0.3) is 0 Å². The number of amides is 1. The molecule has 25 heavy (non-hydrogen) atoms. The van der Waals surface area contributed by atoms with E-state index in [2.05, 4.69) is 5.32 Å². The van der Waals surface area contributed by atoms with Crippen molar-refractivity contribution in [2.45, 2.75) is 20.4 Å². The molecule has 5 nitrogen and oxygen atoms in total. The van der Waals surface area contributed by atoms with Crippen molar-refractivity contribution in [3.05, 3.63) is 65.0 Å². The average Bonchev–Trinajstić information content (AvgIpc) is 2.52. The Labute approximate surface area is 147 Å². The summed E-state index contributed by atoms with van der Waals surface area (Å²) in [6.45, 7) is 3.60. The molecule has 134 valence electrons. The molecule has 0 saturated carbocycles. The van der Waals surface area contributed by atoms with Gasteiger partial charge >= 0.3 is 0 Å². The molecule has 0 fully saturated rings. The number of nitrogens with zero attached hydrogens (tertiary/aromatic N) is 1. The number of benzene rings is 2. The van der Waals surface area contributed by atoms with Crippen molar-refractivity contribution >= 4 is 21.6 Å². The zero-order valence-corrected chi connectivity index (χ0v) is 15.2. The van der Waals surface area contributed by atoms with Gasteiger partial charge in [0.1, 0.15) is 12.4 Å². The van der Waals surface area contributed by atoms with Gasteiger partial charge in [0.25, 0.3) is 0 Å². The molecule has 0 unspecified atom stereocenters. The monoisotopic (exact) mass is 364 g/mol. The number of rotatable bonds is 6. The predicted octanol–water partition coefficient (Wildman–Crippen LogP) is 2.52. The lowest BCUT2D eigenvalue weighted by atomic mass is 10.1. The maximum absolute atomic E-state index is 12.9. The van der Waals surface area contributed by atoms with Gasteiger partial charge in [-0.05, 0) is 43.2 Å². The van der Waals surface area contributed by atoms with E-state index < -0.39 is 15.9 Å². The number of aryl methyl sites for hydroxylation is 2. The fourth-order valence-electron chi connectivity index (χ4n) is 2.46. The van der Waals surface area contributed by atoms with Crippen LogP contribution >= 0.6 is 0 Å². The highest BCUT2D eigenvalue weighted by Crippen LogP contribution is 2.23. The minimum atomic E-state index is -3.61. The number of carbonyl (C=O) groups excluding carboxylic acids is 1. The van der Waals surface area contributed by atoms with Gasteiger partial charge in [0.15, 0.2) is 0 Å². The number of halogens is 1. The van der Waals surface area contributed by atoms with Gasteiger partial charge in [0.05, 0.1) is 11.9 Å². The van der Waals surface area contributed by atoms with Crippen LogP contribution < -0.4 is 9.62 Å². The van der Waals surface area contributed by atoms with Gasteiger partial charge in [0.2, 0.25) is 15.9 Å². The smallest absolute Gasteiger partial charge is 0.241 e. The largest absolute Gasteiger partial charge is 0.350 e. The number of anilines is 1. The number of hydrogen-bond acceptors (Lipinski definition) is 3. The normalized spacial score (nSPS) is 11.2. The van der Waals surface area contributed by atoms with Crippen molar-refractivity contribution in [3.8, 4) is 0 Å². The molecule has 0 saturated heterocycles. The van der Waals surface area contributed by atoms with Crippen molar-refractivity contribution in [2.24, 2.45) is 0 Å². The first-order valence-electron chi connectivity index (χ1n) is 7.73. The average molecular weight is 364 g/mol. The number of carbonyl (C=O) groups is 1. The molecule has 0 aliphatic heterocycles. The Bertz CT molecular complexity index is 864. The van der Waals surface area contributed by atoms with Crippen LogP contribution in [0.3, 0.4) is 0 Å². The zero-order valence-electron chi connectivity index (χ0n) is 14.4. The topological polar surface area (TPSA) is 66.5 Å². The molecule has 2 rings (SSSR count). The Balaban J connectivity index is 2.11. The van der Waals surface area contributed by atoms with Crippen molar-refractivity contribution in [3.63, 3.8) is 0 Å². The van der Waals surface area contributed by atoms with Gasteiger partial charge in [0, 0.05) is 6.54 Å². The molecule has 0 aromatic heterocycles. The number of hydrogen-bond donors (Lipinski definition) is 1. The van der Waals surface area contributed by atoms with E-state index in [1.807, 2.05) is 13.0 Å². The first kappa shape index (κ1) is 18.9. The summed E-state index contributed by atoms with van der Waals surface area (Å²) in [6, 6.07) is 11.1. The summed E-state index contributed by atoms with van der Waals surface area (Å²) in [5.74, 6) is -0.789. The summed E-state index contributed by atoms with van der Waals surface area (Å²) in [7, 11) is -3.61. The number of nitrogens with one attached hydrogen (secondary N) is 1. The highest BCUT2D eigenvalue weighted by Gasteiger charge is 2.22. The maximum Gasteiger partial charge on any atom is 0.241 e. The van der Waals surface area contributed by atoms with Crippen LogP contribution in [0, 0.1) is 19.7 Å². The third-order valence-electron chi connectivity index (χ3n) is 3.71. The van der Waals surface area contributed by atoms with Gasteiger partial charge < -0.3 is 5.32 Å². The standard InChI is InChI=1S/C18H21FN2O3S/c1-13-4-9-17(14(2)10-13)21(25(3,23)24)12-18(22)20-11-15-5-7-16(19)8-6-15/h4-10H,11-12H2,1-3H3,(H,20,22). The minimum Gasteiger partial charge on any atom is -0.350 e. The zero-order chi connectivity index (χ0) is 18.6. The Morgan fingerprint density at radius 2 is 1.76 bits per heavy atom. The molecule has 0 bridgehead atoms. The summed E-state index contributed by atoms with van der Waals surface area (Å²) in [4.78, 5) is 12.2. The molecular weight excluding hydrogens is 343 g/mol. The van der Waals surface area contributed by atoms with Crippen LogP contribution in [0.2, 0.25) is 0 Å². The van der Waals surface area contributed by atoms with E-state index in [0.29, 0.717) is 5.69 Å². The van der Waals surface area contributed by atoms with Crippen molar-refractivity contribution in [2.75, 3.05) is 17.1 Å². The molecule has 0 aliphatic carbocycles. The maximum atomic E-state index is 12.9. The lowest BCUT2D eigenvalue weighted by Gasteiger charge is -2.24. The van der Waals surface area contributed by atoms with Crippen LogP contribution in [0.15, 0.2) is 42.5 Å². The second kappa shape index (κ2) is 7.65. The minimum absolute atomic E-state index is 0.198. The van der Waals surface area contributed by atoms with Crippen LogP contribution in [0.5, 0.6) is 0 Å². The van der Waals surface area contributed by atoms with Crippen LogP contribution in [0.4, 0.5) is 10.1 Å². The molecule has 1 N–H and O–H groups in total. The van der Waals surface area contributed by atoms with Gasteiger partial charge in [-0.15, -0.1) is 0 Å². The summed E-state index contributed by atoms with van der Waals surface area (Å²) in [5, 5.41) is 2.65. The molecule has 2 aromatic carbocycles. The molecule has 0 heterocycles. The Morgan fingerprint density at radius 3 is 2.32 bits per heavy atom. The Hall–Kier alpha value is -2.41. The van der Waals surface area contributed by atoms with Gasteiger partial charge in [-0.2, -0.15) is 0 Å². The molecular formula is C18H21FN2O3S. The molecule has 0 spiro atoms. The SMILES string of the molecule is Cc1ccc(N(CC(=O)NCc2ccc(F)cc2)S(C)(=O)=O)c(C)c1. The second-order valence-electron chi connectivity index (χ2n) is 5.96.